The summed E-state index contributed by atoms with van der Waals surface area (Å²) in [6.45, 7) is 2.67. The first-order chi connectivity index (χ1) is 10.2. The van der Waals surface area contributed by atoms with Crippen LogP contribution in [0, 0.1) is 6.92 Å². The molecule has 3 rings (SSSR count). The molecule has 5 heteroatoms. The lowest BCUT2D eigenvalue weighted by molar-refractivity contribution is 0.318. The maximum Gasteiger partial charge on any atom is 0.170 e. The van der Waals surface area contributed by atoms with Gasteiger partial charge in [-0.1, -0.05) is 23.4 Å². The predicted octanol–water partition coefficient (Wildman–Crippen LogP) is 2.49. The van der Waals surface area contributed by atoms with Gasteiger partial charge in [0, 0.05) is 23.0 Å². The van der Waals surface area contributed by atoms with Crippen LogP contribution >= 0.6 is 0 Å². The molecule has 0 aliphatic carbocycles. The van der Waals surface area contributed by atoms with E-state index in [4.69, 9.17) is 10.9 Å². The van der Waals surface area contributed by atoms with Gasteiger partial charge in [-0.05, 0) is 36.6 Å². The Kier molecular flexibility index (Phi) is 3.31. The molecule has 0 radical (unpaired) electrons. The lowest BCUT2D eigenvalue weighted by Gasteiger charge is -2.07. The summed E-state index contributed by atoms with van der Waals surface area (Å²) in [7, 11) is 0. The number of amidine groups is 1. The fraction of sp³-hybridized carbons (Fsp3) is 0.125. The van der Waals surface area contributed by atoms with Crippen molar-refractivity contribution in [1.29, 1.82) is 0 Å². The highest BCUT2D eigenvalue weighted by molar-refractivity contribution is 6.00. The molecule has 1 aromatic carbocycles. The Hall–Kier alpha value is -2.82. The van der Waals surface area contributed by atoms with E-state index in [-0.39, 0.29) is 5.84 Å². The van der Waals surface area contributed by atoms with E-state index in [1.165, 1.54) is 0 Å². The highest BCUT2D eigenvalue weighted by Gasteiger charge is 2.06. The molecule has 0 saturated heterocycles. The van der Waals surface area contributed by atoms with Crippen LogP contribution in [0.5, 0.6) is 0 Å². The van der Waals surface area contributed by atoms with Crippen molar-refractivity contribution >= 4 is 16.7 Å². The summed E-state index contributed by atoms with van der Waals surface area (Å²) in [4.78, 5) is 4.52. The average Bonchev–Trinajstić information content (AvgIpc) is 2.89. The molecule has 0 atom stereocenters. The van der Waals surface area contributed by atoms with E-state index in [1.807, 2.05) is 55.6 Å². The van der Waals surface area contributed by atoms with Gasteiger partial charge in [0.15, 0.2) is 5.84 Å². The number of oxime groups is 1. The van der Waals surface area contributed by atoms with E-state index in [0.29, 0.717) is 12.1 Å². The molecule has 0 unspecified atom stereocenters. The maximum absolute atomic E-state index is 8.79. The Labute approximate surface area is 122 Å². The normalized spacial score (nSPS) is 12.0. The van der Waals surface area contributed by atoms with Crippen LogP contribution in [0.2, 0.25) is 0 Å². The predicted molar refractivity (Wildman–Crippen MR) is 82.5 cm³/mol. The number of rotatable bonds is 3. The van der Waals surface area contributed by atoms with Gasteiger partial charge in [-0.2, -0.15) is 0 Å². The second-order valence-corrected chi connectivity index (χ2v) is 4.97. The first-order valence-corrected chi connectivity index (χ1v) is 6.67. The average molecular weight is 280 g/mol. The zero-order valence-corrected chi connectivity index (χ0v) is 11.7. The van der Waals surface area contributed by atoms with Crippen LogP contribution in [0.1, 0.15) is 17.0 Å². The number of aryl methyl sites for hydroxylation is 1. The van der Waals surface area contributed by atoms with E-state index >= 15 is 0 Å². The molecule has 21 heavy (non-hydrogen) atoms. The van der Waals surface area contributed by atoms with E-state index in [9.17, 15) is 0 Å². The molecular formula is C16H16N4O. The van der Waals surface area contributed by atoms with E-state index < -0.39 is 0 Å². The summed E-state index contributed by atoms with van der Waals surface area (Å²) in [6.07, 6.45) is 2.02. The van der Waals surface area contributed by atoms with Crippen LogP contribution in [0.3, 0.4) is 0 Å². The number of aromatic nitrogens is 2. The fourth-order valence-electron chi connectivity index (χ4n) is 2.40. The molecular weight excluding hydrogens is 264 g/mol. The third-order valence-electron chi connectivity index (χ3n) is 3.46. The highest BCUT2D eigenvalue weighted by atomic mass is 16.4. The Morgan fingerprint density at radius 3 is 2.90 bits per heavy atom. The lowest BCUT2D eigenvalue weighted by atomic mass is 10.1. The topological polar surface area (TPSA) is 76.4 Å². The Balaban J connectivity index is 2.02. The molecule has 0 amide bonds. The van der Waals surface area contributed by atoms with Crippen molar-refractivity contribution in [2.75, 3.05) is 0 Å². The summed E-state index contributed by atoms with van der Waals surface area (Å²) in [5.41, 5.74) is 9.38. The first kappa shape index (κ1) is 13.2. The van der Waals surface area contributed by atoms with E-state index in [0.717, 1.165) is 22.3 Å². The molecule has 0 bridgehead atoms. The van der Waals surface area contributed by atoms with Crippen LogP contribution in [0.25, 0.3) is 10.9 Å². The third kappa shape index (κ3) is 2.58. The van der Waals surface area contributed by atoms with Crippen molar-refractivity contribution in [2.45, 2.75) is 13.5 Å². The summed E-state index contributed by atoms with van der Waals surface area (Å²) < 4.78 is 2.10. The van der Waals surface area contributed by atoms with Gasteiger partial charge in [0.25, 0.3) is 0 Å². The molecule has 0 aliphatic rings. The molecule has 2 heterocycles. The van der Waals surface area contributed by atoms with Crippen LogP contribution in [-0.4, -0.2) is 20.6 Å². The van der Waals surface area contributed by atoms with Crippen molar-refractivity contribution in [3.63, 3.8) is 0 Å². The monoisotopic (exact) mass is 280 g/mol. The minimum absolute atomic E-state index is 0.110. The van der Waals surface area contributed by atoms with Crippen molar-refractivity contribution in [3.8, 4) is 0 Å². The molecule has 0 fully saturated rings. The standard InChI is InChI=1S/C16H16N4O/c1-11-3-2-4-14(18-11)10-20-8-7-12-5-6-13(9-15(12)20)16(17)19-21/h2-9,21H,10H2,1H3,(H2,17,19). The quantitative estimate of drug-likeness (QED) is 0.335. The SMILES string of the molecule is Cc1cccc(Cn2ccc3ccc(/C(N)=N/O)cc32)n1. The van der Waals surface area contributed by atoms with Gasteiger partial charge in [-0.25, -0.2) is 0 Å². The summed E-state index contributed by atoms with van der Waals surface area (Å²) >= 11 is 0. The Bertz CT molecular complexity index is 820. The Morgan fingerprint density at radius 1 is 1.29 bits per heavy atom. The highest BCUT2D eigenvalue weighted by Crippen LogP contribution is 2.19. The summed E-state index contributed by atoms with van der Waals surface area (Å²) in [5.74, 6) is 0.110. The molecule has 3 N–H and O–H groups in total. The van der Waals surface area contributed by atoms with Crippen molar-refractivity contribution < 1.29 is 5.21 Å². The van der Waals surface area contributed by atoms with Gasteiger partial charge in [-0.15, -0.1) is 0 Å². The van der Waals surface area contributed by atoms with Gasteiger partial charge in [-0.3, -0.25) is 4.98 Å². The zero-order chi connectivity index (χ0) is 14.8. The van der Waals surface area contributed by atoms with Crippen LogP contribution in [-0.2, 0) is 6.54 Å². The minimum atomic E-state index is 0.110. The van der Waals surface area contributed by atoms with Crippen molar-refractivity contribution in [3.05, 3.63) is 65.6 Å². The molecule has 0 spiro atoms. The smallest absolute Gasteiger partial charge is 0.170 e. The first-order valence-electron chi connectivity index (χ1n) is 6.67. The van der Waals surface area contributed by atoms with Gasteiger partial charge >= 0.3 is 0 Å². The molecule has 106 valence electrons. The minimum Gasteiger partial charge on any atom is -0.409 e. The second-order valence-electron chi connectivity index (χ2n) is 4.97. The number of fused-ring (bicyclic) bond motifs is 1. The van der Waals surface area contributed by atoms with Crippen molar-refractivity contribution in [1.82, 2.24) is 9.55 Å². The molecule has 3 aromatic rings. The number of benzene rings is 1. The zero-order valence-electron chi connectivity index (χ0n) is 11.7. The van der Waals surface area contributed by atoms with Gasteiger partial charge in [0.2, 0.25) is 0 Å². The summed E-state index contributed by atoms with van der Waals surface area (Å²) in [5, 5.41) is 12.9. The second kappa shape index (κ2) is 5.28. The Morgan fingerprint density at radius 2 is 2.14 bits per heavy atom. The molecule has 0 saturated carbocycles. The van der Waals surface area contributed by atoms with E-state index in [2.05, 4.69) is 14.7 Å². The molecule has 2 aromatic heterocycles. The lowest BCUT2D eigenvalue weighted by Crippen LogP contribution is -2.13. The number of nitrogens with two attached hydrogens (primary N) is 1. The van der Waals surface area contributed by atoms with Gasteiger partial charge in [0.1, 0.15) is 0 Å². The third-order valence-corrected chi connectivity index (χ3v) is 3.46. The number of hydrogen-bond acceptors (Lipinski definition) is 3. The molecule has 0 aliphatic heterocycles. The maximum atomic E-state index is 8.79. The number of hydrogen-bond donors (Lipinski definition) is 2. The number of pyridine rings is 1. The fourth-order valence-corrected chi connectivity index (χ4v) is 2.40. The molecule has 5 nitrogen and oxygen atoms in total. The summed E-state index contributed by atoms with van der Waals surface area (Å²) in [6, 6.07) is 13.8. The van der Waals surface area contributed by atoms with E-state index in [1.54, 1.807) is 0 Å². The van der Waals surface area contributed by atoms with Crippen LogP contribution in [0.15, 0.2) is 53.8 Å². The number of nitrogens with zero attached hydrogens (tertiary/aromatic N) is 3. The largest absolute Gasteiger partial charge is 0.409 e. The van der Waals surface area contributed by atoms with Gasteiger partial charge < -0.3 is 15.5 Å². The van der Waals surface area contributed by atoms with Crippen LogP contribution < -0.4 is 5.73 Å². The van der Waals surface area contributed by atoms with Gasteiger partial charge in [0.05, 0.1) is 12.2 Å². The van der Waals surface area contributed by atoms with Crippen molar-refractivity contribution in [2.24, 2.45) is 10.9 Å². The van der Waals surface area contributed by atoms with Crippen LogP contribution in [0.4, 0.5) is 0 Å².